The van der Waals surface area contributed by atoms with Crippen LogP contribution in [0.4, 0.5) is 0 Å². The van der Waals surface area contributed by atoms with Crippen molar-refractivity contribution < 1.29 is 4.79 Å². The Morgan fingerprint density at radius 2 is 2.00 bits per heavy atom. The largest absolute Gasteiger partial charge is 0.366 e. The van der Waals surface area contributed by atoms with Gasteiger partial charge in [-0.05, 0) is 38.5 Å². The summed E-state index contributed by atoms with van der Waals surface area (Å²) in [6, 6.07) is 7.39. The lowest BCUT2D eigenvalue weighted by Crippen LogP contribution is -2.40. The van der Waals surface area contributed by atoms with Crippen LogP contribution in [0.2, 0.25) is 0 Å². The highest BCUT2D eigenvalue weighted by Gasteiger charge is 2.07. The first-order chi connectivity index (χ1) is 8.38. The number of nitrogens with one attached hydrogen (secondary N) is 2. The van der Waals surface area contributed by atoms with Gasteiger partial charge in [-0.15, -0.1) is 0 Å². The van der Waals surface area contributed by atoms with Gasteiger partial charge in [0.25, 0.3) is 0 Å². The molecule has 0 aromatic heterocycles. The Balaban J connectivity index is 2.31. The summed E-state index contributed by atoms with van der Waals surface area (Å²) in [5.74, 6) is -0.383. The van der Waals surface area contributed by atoms with E-state index in [2.05, 4.69) is 31.4 Å². The SMILES string of the molecule is CC(C)(C)NCCNCc1cccc(C(N)=O)c1. The molecule has 0 radical (unpaired) electrons. The molecule has 1 rings (SSSR count). The molecule has 0 saturated carbocycles. The van der Waals surface area contributed by atoms with Gasteiger partial charge in [-0.3, -0.25) is 4.79 Å². The molecule has 0 fully saturated rings. The van der Waals surface area contributed by atoms with Crippen LogP contribution in [0.3, 0.4) is 0 Å². The molecule has 0 saturated heterocycles. The van der Waals surface area contributed by atoms with Gasteiger partial charge >= 0.3 is 0 Å². The van der Waals surface area contributed by atoms with E-state index in [4.69, 9.17) is 5.73 Å². The zero-order chi connectivity index (χ0) is 13.6. The molecule has 18 heavy (non-hydrogen) atoms. The van der Waals surface area contributed by atoms with Crippen molar-refractivity contribution in [1.29, 1.82) is 0 Å². The smallest absolute Gasteiger partial charge is 0.248 e. The molecule has 0 heterocycles. The molecular weight excluding hydrogens is 226 g/mol. The molecule has 4 nitrogen and oxygen atoms in total. The van der Waals surface area contributed by atoms with Gasteiger partial charge < -0.3 is 16.4 Å². The van der Waals surface area contributed by atoms with E-state index in [9.17, 15) is 4.79 Å². The van der Waals surface area contributed by atoms with Crippen LogP contribution in [0.5, 0.6) is 0 Å². The van der Waals surface area contributed by atoms with Gasteiger partial charge in [0.2, 0.25) is 5.91 Å². The average Bonchev–Trinajstić information content (AvgIpc) is 2.27. The maximum Gasteiger partial charge on any atom is 0.248 e. The standard InChI is InChI=1S/C14H23N3O/c1-14(2,3)17-8-7-16-10-11-5-4-6-12(9-11)13(15)18/h4-6,9,16-17H,7-8,10H2,1-3H3,(H2,15,18). The van der Waals surface area contributed by atoms with Crippen LogP contribution in [-0.4, -0.2) is 24.5 Å². The summed E-state index contributed by atoms with van der Waals surface area (Å²) in [6.07, 6.45) is 0. The van der Waals surface area contributed by atoms with E-state index in [-0.39, 0.29) is 11.4 Å². The minimum absolute atomic E-state index is 0.146. The maximum atomic E-state index is 11.0. The molecule has 4 N–H and O–H groups in total. The molecule has 0 aliphatic heterocycles. The zero-order valence-electron chi connectivity index (χ0n) is 11.4. The number of nitrogens with two attached hydrogens (primary N) is 1. The molecule has 0 aliphatic carbocycles. The Hall–Kier alpha value is -1.39. The fourth-order valence-corrected chi connectivity index (χ4v) is 1.59. The van der Waals surface area contributed by atoms with Gasteiger partial charge in [-0.25, -0.2) is 0 Å². The number of carbonyl (C=O) groups is 1. The normalized spacial score (nSPS) is 11.5. The third-order valence-corrected chi connectivity index (χ3v) is 2.50. The topological polar surface area (TPSA) is 67.2 Å². The van der Waals surface area contributed by atoms with Gasteiger partial charge in [0.15, 0.2) is 0 Å². The minimum Gasteiger partial charge on any atom is -0.366 e. The molecular formula is C14H23N3O. The van der Waals surface area contributed by atoms with E-state index in [1.807, 2.05) is 18.2 Å². The monoisotopic (exact) mass is 249 g/mol. The lowest BCUT2D eigenvalue weighted by Gasteiger charge is -2.20. The van der Waals surface area contributed by atoms with Gasteiger partial charge in [0.05, 0.1) is 0 Å². The van der Waals surface area contributed by atoms with Crippen LogP contribution in [0, 0.1) is 0 Å². The number of amides is 1. The summed E-state index contributed by atoms with van der Waals surface area (Å²) < 4.78 is 0. The Bertz CT molecular complexity index is 396. The van der Waals surface area contributed by atoms with Crippen molar-refractivity contribution in [2.45, 2.75) is 32.9 Å². The summed E-state index contributed by atoms with van der Waals surface area (Å²) in [5.41, 5.74) is 7.01. The van der Waals surface area contributed by atoms with E-state index < -0.39 is 0 Å². The van der Waals surface area contributed by atoms with E-state index >= 15 is 0 Å². The van der Waals surface area contributed by atoms with E-state index in [1.165, 1.54) is 0 Å². The van der Waals surface area contributed by atoms with Crippen molar-refractivity contribution >= 4 is 5.91 Å². The molecule has 0 bridgehead atoms. The van der Waals surface area contributed by atoms with Crippen molar-refractivity contribution in [3.63, 3.8) is 0 Å². The Morgan fingerprint density at radius 3 is 2.61 bits per heavy atom. The number of hydrogen-bond donors (Lipinski definition) is 3. The van der Waals surface area contributed by atoms with Crippen LogP contribution >= 0.6 is 0 Å². The average molecular weight is 249 g/mol. The first kappa shape index (κ1) is 14.7. The fourth-order valence-electron chi connectivity index (χ4n) is 1.59. The third kappa shape index (κ3) is 5.80. The highest BCUT2D eigenvalue weighted by molar-refractivity contribution is 5.92. The lowest BCUT2D eigenvalue weighted by atomic mass is 10.1. The number of carbonyl (C=O) groups excluding carboxylic acids is 1. The van der Waals surface area contributed by atoms with E-state index in [0.717, 1.165) is 25.2 Å². The summed E-state index contributed by atoms with van der Waals surface area (Å²) in [7, 11) is 0. The predicted octanol–water partition coefficient (Wildman–Crippen LogP) is 1.26. The minimum atomic E-state index is -0.383. The summed E-state index contributed by atoms with van der Waals surface area (Å²) >= 11 is 0. The quantitative estimate of drug-likeness (QED) is 0.665. The number of primary amides is 1. The zero-order valence-corrected chi connectivity index (χ0v) is 11.4. The van der Waals surface area contributed by atoms with Gasteiger partial charge in [-0.2, -0.15) is 0 Å². The van der Waals surface area contributed by atoms with E-state index in [1.54, 1.807) is 6.07 Å². The molecule has 0 aliphatic rings. The van der Waals surface area contributed by atoms with Crippen LogP contribution in [0.1, 0.15) is 36.7 Å². The molecule has 1 amide bonds. The summed E-state index contributed by atoms with van der Waals surface area (Å²) in [6.45, 7) is 8.97. The molecule has 100 valence electrons. The van der Waals surface area contributed by atoms with Crippen LogP contribution < -0.4 is 16.4 Å². The van der Waals surface area contributed by atoms with Gasteiger partial charge in [-0.1, -0.05) is 12.1 Å². The molecule has 1 aromatic carbocycles. The summed E-state index contributed by atoms with van der Waals surface area (Å²) in [5, 5.41) is 6.73. The van der Waals surface area contributed by atoms with Crippen molar-refractivity contribution in [3.8, 4) is 0 Å². The number of hydrogen-bond acceptors (Lipinski definition) is 3. The van der Waals surface area contributed by atoms with E-state index in [0.29, 0.717) is 5.56 Å². The van der Waals surface area contributed by atoms with Crippen molar-refractivity contribution in [2.75, 3.05) is 13.1 Å². The Morgan fingerprint density at radius 1 is 1.28 bits per heavy atom. The molecule has 0 atom stereocenters. The highest BCUT2D eigenvalue weighted by atomic mass is 16.1. The van der Waals surface area contributed by atoms with Crippen LogP contribution in [0.25, 0.3) is 0 Å². The number of rotatable bonds is 6. The lowest BCUT2D eigenvalue weighted by molar-refractivity contribution is 0.1000. The summed E-state index contributed by atoms with van der Waals surface area (Å²) in [4.78, 5) is 11.0. The third-order valence-electron chi connectivity index (χ3n) is 2.50. The second-order valence-electron chi connectivity index (χ2n) is 5.42. The fraction of sp³-hybridized carbons (Fsp3) is 0.500. The second-order valence-corrected chi connectivity index (χ2v) is 5.42. The van der Waals surface area contributed by atoms with Crippen molar-refractivity contribution in [2.24, 2.45) is 5.73 Å². The Kier molecular flexibility index (Phi) is 5.31. The molecule has 1 aromatic rings. The Labute approximate surface area is 109 Å². The maximum absolute atomic E-state index is 11.0. The van der Waals surface area contributed by atoms with Gasteiger partial charge in [0.1, 0.15) is 0 Å². The first-order valence-electron chi connectivity index (χ1n) is 6.23. The number of benzene rings is 1. The first-order valence-corrected chi connectivity index (χ1v) is 6.23. The second kappa shape index (κ2) is 6.52. The van der Waals surface area contributed by atoms with Crippen LogP contribution in [-0.2, 0) is 6.54 Å². The van der Waals surface area contributed by atoms with Crippen molar-refractivity contribution in [3.05, 3.63) is 35.4 Å². The van der Waals surface area contributed by atoms with Crippen LogP contribution in [0.15, 0.2) is 24.3 Å². The molecule has 0 spiro atoms. The van der Waals surface area contributed by atoms with Gasteiger partial charge in [0, 0.05) is 30.7 Å². The highest BCUT2D eigenvalue weighted by Crippen LogP contribution is 2.04. The van der Waals surface area contributed by atoms with Crippen molar-refractivity contribution in [1.82, 2.24) is 10.6 Å². The molecule has 0 unspecified atom stereocenters. The predicted molar refractivity (Wildman–Crippen MR) is 74.4 cm³/mol. The molecule has 4 heteroatoms.